The topological polar surface area (TPSA) is 79.6 Å². The number of nitrogens with two attached hydrogens (primary N) is 1. The minimum absolute atomic E-state index is 0.0767. The lowest BCUT2D eigenvalue weighted by atomic mass is 9.77. The second-order valence-electron chi connectivity index (χ2n) is 6.30. The molecule has 6 heteroatoms. The summed E-state index contributed by atoms with van der Waals surface area (Å²) in [6.45, 7) is 5.15. The molecule has 6 nitrogen and oxygen atoms in total. The molecule has 3 rings (SSSR count). The van der Waals surface area contributed by atoms with Crippen molar-refractivity contribution in [2.45, 2.75) is 31.5 Å². The van der Waals surface area contributed by atoms with E-state index in [1.54, 1.807) is 0 Å². The average Bonchev–Trinajstić information content (AvgIpc) is 2.59. The van der Waals surface area contributed by atoms with Crippen molar-refractivity contribution in [3.05, 3.63) is 35.9 Å². The maximum Gasteiger partial charge on any atom is 0.222 e. The molecular formula is C17H26N4O2. The molecule has 4 unspecified atom stereocenters. The molecule has 2 saturated heterocycles. The van der Waals surface area contributed by atoms with Crippen LogP contribution < -0.4 is 16.5 Å². The molecule has 0 aromatic heterocycles. The van der Waals surface area contributed by atoms with Crippen molar-refractivity contribution in [1.82, 2.24) is 15.7 Å². The lowest BCUT2D eigenvalue weighted by molar-refractivity contribution is -0.139. The van der Waals surface area contributed by atoms with E-state index >= 15 is 0 Å². The van der Waals surface area contributed by atoms with Gasteiger partial charge < -0.3 is 11.1 Å². The SMILES string of the molecule is CCC(c1ccccc1)C(C(N)=O)C1CNCC2NOCCN21. The van der Waals surface area contributed by atoms with E-state index in [1.165, 1.54) is 5.56 Å². The van der Waals surface area contributed by atoms with Gasteiger partial charge in [0.2, 0.25) is 5.91 Å². The third kappa shape index (κ3) is 3.40. The summed E-state index contributed by atoms with van der Waals surface area (Å²) < 4.78 is 0. The Morgan fingerprint density at radius 2 is 2.17 bits per heavy atom. The zero-order valence-corrected chi connectivity index (χ0v) is 13.6. The Bertz CT molecular complexity index is 523. The van der Waals surface area contributed by atoms with E-state index in [0.29, 0.717) is 6.61 Å². The van der Waals surface area contributed by atoms with Crippen LogP contribution >= 0.6 is 0 Å². The number of carbonyl (C=O) groups is 1. The monoisotopic (exact) mass is 318 g/mol. The number of nitrogens with zero attached hydrogens (tertiary/aromatic N) is 1. The Balaban J connectivity index is 1.89. The van der Waals surface area contributed by atoms with Crippen LogP contribution in [0.15, 0.2) is 30.3 Å². The number of nitrogens with one attached hydrogen (secondary N) is 2. The van der Waals surface area contributed by atoms with Crippen LogP contribution in [-0.4, -0.2) is 49.3 Å². The lowest BCUT2D eigenvalue weighted by Crippen LogP contribution is -2.68. The Morgan fingerprint density at radius 3 is 2.87 bits per heavy atom. The predicted molar refractivity (Wildman–Crippen MR) is 88.4 cm³/mol. The van der Waals surface area contributed by atoms with E-state index in [0.717, 1.165) is 26.1 Å². The molecule has 0 bridgehead atoms. The molecule has 23 heavy (non-hydrogen) atoms. The highest BCUT2D eigenvalue weighted by Crippen LogP contribution is 2.33. The number of benzene rings is 1. The van der Waals surface area contributed by atoms with Crippen LogP contribution in [0.25, 0.3) is 0 Å². The molecule has 0 radical (unpaired) electrons. The van der Waals surface area contributed by atoms with Crippen LogP contribution in [0.5, 0.6) is 0 Å². The Hall–Kier alpha value is -1.47. The number of hydroxylamine groups is 1. The molecule has 0 aliphatic carbocycles. The molecule has 2 heterocycles. The maximum absolute atomic E-state index is 12.4. The minimum atomic E-state index is -0.224. The first-order valence-electron chi connectivity index (χ1n) is 8.40. The summed E-state index contributed by atoms with van der Waals surface area (Å²) in [5.41, 5.74) is 10.1. The van der Waals surface area contributed by atoms with Gasteiger partial charge in [0, 0.05) is 25.7 Å². The molecule has 126 valence electrons. The van der Waals surface area contributed by atoms with Crippen LogP contribution in [-0.2, 0) is 9.63 Å². The largest absolute Gasteiger partial charge is 0.369 e. The van der Waals surface area contributed by atoms with Crippen LogP contribution in [0.2, 0.25) is 0 Å². The van der Waals surface area contributed by atoms with Gasteiger partial charge in [-0.3, -0.25) is 14.5 Å². The highest BCUT2D eigenvalue weighted by molar-refractivity contribution is 5.78. The number of rotatable bonds is 5. The minimum Gasteiger partial charge on any atom is -0.369 e. The first kappa shape index (κ1) is 16.4. The van der Waals surface area contributed by atoms with Crippen LogP contribution in [0, 0.1) is 5.92 Å². The van der Waals surface area contributed by atoms with Crippen LogP contribution in [0.1, 0.15) is 24.8 Å². The number of hydrogen-bond acceptors (Lipinski definition) is 5. The molecule has 2 fully saturated rings. The van der Waals surface area contributed by atoms with Gasteiger partial charge in [0.25, 0.3) is 0 Å². The Morgan fingerprint density at radius 1 is 1.39 bits per heavy atom. The van der Waals surface area contributed by atoms with Gasteiger partial charge in [-0.1, -0.05) is 37.3 Å². The van der Waals surface area contributed by atoms with E-state index in [9.17, 15) is 4.79 Å². The molecular weight excluding hydrogens is 292 g/mol. The lowest BCUT2D eigenvalue weighted by Gasteiger charge is -2.48. The zero-order chi connectivity index (χ0) is 16.2. The summed E-state index contributed by atoms with van der Waals surface area (Å²) in [4.78, 5) is 20.0. The van der Waals surface area contributed by atoms with Gasteiger partial charge in [-0.15, -0.1) is 0 Å². The van der Waals surface area contributed by atoms with Crippen molar-refractivity contribution in [3.8, 4) is 0 Å². The van der Waals surface area contributed by atoms with Crippen LogP contribution in [0.4, 0.5) is 0 Å². The number of fused-ring (bicyclic) bond motifs is 1. The Kier molecular flexibility index (Phi) is 5.27. The highest BCUT2D eigenvalue weighted by Gasteiger charge is 2.42. The van der Waals surface area contributed by atoms with Gasteiger partial charge in [-0.05, 0) is 17.9 Å². The second kappa shape index (κ2) is 7.40. The summed E-state index contributed by atoms with van der Waals surface area (Å²) in [7, 11) is 0. The summed E-state index contributed by atoms with van der Waals surface area (Å²) in [6, 6.07) is 10.3. The highest BCUT2D eigenvalue weighted by atomic mass is 16.7. The average molecular weight is 318 g/mol. The van der Waals surface area contributed by atoms with Gasteiger partial charge in [0.15, 0.2) is 0 Å². The number of amides is 1. The van der Waals surface area contributed by atoms with Crippen molar-refractivity contribution in [2.75, 3.05) is 26.2 Å². The number of piperazine rings is 1. The standard InChI is InChI=1S/C17H26N4O2/c1-2-13(12-6-4-3-5-7-12)16(17(18)22)14-10-19-11-15-20-23-9-8-21(14)15/h3-7,13-16,19-20H,2,8-11H2,1H3,(H2,18,22). The van der Waals surface area contributed by atoms with Gasteiger partial charge in [-0.25, -0.2) is 0 Å². The molecule has 1 amide bonds. The van der Waals surface area contributed by atoms with Gasteiger partial charge in [-0.2, -0.15) is 5.48 Å². The van der Waals surface area contributed by atoms with Gasteiger partial charge in [0.05, 0.1) is 18.7 Å². The summed E-state index contributed by atoms with van der Waals surface area (Å²) >= 11 is 0. The summed E-state index contributed by atoms with van der Waals surface area (Å²) in [5.74, 6) is -0.320. The van der Waals surface area contributed by atoms with Crippen LogP contribution in [0.3, 0.4) is 0 Å². The smallest absolute Gasteiger partial charge is 0.222 e. The van der Waals surface area contributed by atoms with E-state index in [1.807, 2.05) is 18.2 Å². The normalized spacial score (nSPS) is 27.9. The van der Waals surface area contributed by atoms with Crippen molar-refractivity contribution in [3.63, 3.8) is 0 Å². The first-order chi connectivity index (χ1) is 11.2. The van der Waals surface area contributed by atoms with E-state index < -0.39 is 0 Å². The molecule has 1 aromatic rings. The number of primary amides is 1. The molecule has 0 spiro atoms. The third-order valence-corrected chi connectivity index (χ3v) is 5.03. The molecule has 2 aliphatic rings. The fourth-order valence-corrected chi connectivity index (χ4v) is 3.96. The van der Waals surface area contributed by atoms with E-state index in [2.05, 4.69) is 34.8 Å². The number of carbonyl (C=O) groups excluding carboxylic acids is 1. The quantitative estimate of drug-likeness (QED) is 0.733. The summed E-state index contributed by atoms with van der Waals surface area (Å²) in [5, 5.41) is 3.41. The zero-order valence-electron chi connectivity index (χ0n) is 13.6. The molecule has 4 N–H and O–H groups in total. The Labute approximate surface area is 137 Å². The van der Waals surface area contributed by atoms with Crippen molar-refractivity contribution in [2.24, 2.45) is 11.7 Å². The first-order valence-corrected chi connectivity index (χ1v) is 8.40. The van der Waals surface area contributed by atoms with Crippen molar-refractivity contribution >= 4 is 5.91 Å². The van der Waals surface area contributed by atoms with Gasteiger partial charge in [0.1, 0.15) is 0 Å². The van der Waals surface area contributed by atoms with Gasteiger partial charge >= 0.3 is 0 Å². The molecule has 2 aliphatic heterocycles. The maximum atomic E-state index is 12.4. The van der Waals surface area contributed by atoms with E-state index in [-0.39, 0.29) is 30.0 Å². The molecule has 0 saturated carbocycles. The van der Waals surface area contributed by atoms with E-state index in [4.69, 9.17) is 10.6 Å². The van der Waals surface area contributed by atoms with Crippen molar-refractivity contribution < 1.29 is 9.63 Å². The summed E-state index contributed by atoms with van der Waals surface area (Å²) in [6.07, 6.45) is 0.980. The van der Waals surface area contributed by atoms with Crippen molar-refractivity contribution in [1.29, 1.82) is 0 Å². The molecule has 4 atom stereocenters. The third-order valence-electron chi connectivity index (χ3n) is 5.03. The predicted octanol–water partition coefficient (Wildman–Crippen LogP) is 0.416. The number of hydrogen-bond donors (Lipinski definition) is 3. The fourth-order valence-electron chi connectivity index (χ4n) is 3.96. The second-order valence-corrected chi connectivity index (χ2v) is 6.30. The fraction of sp³-hybridized carbons (Fsp3) is 0.588. The molecule has 1 aromatic carbocycles.